The van der Waals surface area contributed by atoms with Crippen LogP contribution >= 0.6 is 0 Å². The zero-order valence-electron chi connectivity index (χ0n) is 15.8. The van der Waals surface area contributed by atoms with E-state index in [1.54, 1.807) is 25.3 Å². The normalized spacial score (nSPS) is 15.4. The minimum Gasteiger partial charge on any atom is -0.383 e. The van der Waals surface area contributed by atoms with Gasteiger partial charge < -0.3 is 19.9 Å². The van der Waals surface area contributed by atoms with Crippen molar-refractivity contribution in [1.82, 2.24) is 9.97 Å². The first-order valence-electron chi connectivity index (χ1n) is 9.00. The number of methoxy groups -OCH3 is 1. The van der Waals surface area contributed by atoms with Crippen molar-refractivity contribution in [2.45, 2.75) is 13.0 Å². The Hall–Kier alpha value is -3.01. The zero-order chi connectivity index (χ0) is 20.1. The van der Waals surface area contributed by atoms with Gasteiger partial charge in [-0.2, -0.15) is 0 Å². The molecule has 0 saturated carbocycles. The van der Waals surface area contributed by atoms with Gasteiger partial charge in [-0.1, -0.05) is 12.1 Å². The van der Waals surface area contributed by atoms with Crippen molar-refractivity contribution in [2.24, 2.45) is 0 Å². The molecule has 0 radical (unpaired) electrons. The van der Waals surface area contributed by atoms with Gasteiger partial charge in [-0.3, -0.25) is 10.1 Å². The van der Waals surface area contributed by atoms with E-state index in [9.17, 15) is 14.5 Å². The molecule has 0 amide bonds. The molecule has 2 heterocycles. The molecule has 1 aliphatic heterocycles. The lowest BCUT2D eigenvalue weighted by Gasteiger charge is -2.36. The molecule has 10 heteroatoms. The minimum absolute atomic E-state index is 0.149. The van der Waals surface area contributed by atoms with Crippen LogP contribution in [-0.4, -0.2) is 60.8 Å². The van der Waals surface area contributed by atoms with Gasteiger partial charge in [0.05, 0.1) is 17.2 Å². The van der Waals surface area contributed by atoms with E-state index in [0.29, 0.717) is 38.5 Å². The number of nitrogens with one attached hydrogen (secondary N) is 1. The number of para-hydroxylation sites is 1. The Kier molecular flexibility index (Phi) is 6.19. The third-order valence-corrected chi connectivity index (χ3v) is 4.56. The van der Waals surface area contributed by atoms with Crippen LogP contribution in [-0.2, 0) is 4.74 Å². The number of benzene rings is 1. The van der Waals surface area contributed by atoms with Gasteiger partial charge in [-0.25, -0.2) is 14.4 Å². The number of hydrogen-bond donors (Lipinski definition) is 1. The van der Waals surface area contributed by atoms with E-state index >= 15 is 0 Å². The second kappa shape index (κ2) is 8.79. The average molecular weight is 390 g/mol. The van der Waals surface area contributed by atoms with Gasteiger partial charge in [-0.15, -0.1) is 0 Å². The highest BCUT2D eigenvalue weighted by molar-refractivity contribution is 5.71. The maximum atomic E-state index is 14.0. The number of rotatable bonds is 7. The predicted octanol–water partition coefficient (Wildman–Crippen LogP) is 2.30. The average Bonchev–Trinajstić information content (AvgIpc) is 2.68. The highest BCUT2D eigenvalue weighted by Crippen LogP contribution is 2.33. The van der Waals surface area contributed by atoms with Crippen molar-refractivity contribution in [3.05, 3.63) is 46.5 Å². The van der Waals surface area contributed by atoms with E-state index in [2.05, 4.69) is 15.3 Å². The smallest absolute Gasteiger partial charge is 0.353 e. The number of nitro groups is 1. The van der Waals surface area contributed by atoms with E-state index in [4.69, 9.17) is 4.74 Å². The lowest BCUT2D eigenvalue weighted by atomic mass is 10.2. The molecule has 1 unspecified atom stereocenters. The van der Waals surface area contributed by atoms with Gasteiger partial charge in [0.2, 0.25) is 11.6 Å². The number of ether oxygens (including phenoxy) is 1. The maximum absolute atomic E-state index is 14.0. The molecular weight excluding hydrogens is 367 g/mol. The topological polar surface area (TPSA) is 96.7 Å². The summed E-state index contributed by atoms with van der Waals surface area (Å²) in [5.41, 5.74) is 0.375. The largest absolute Gasteiger partial charge is 0.383 e. The van der Waals surface area contributed by atoms with Gasteiger partial charge in [-0.05, 0) is 19.1 Å². The summed E-state index contributed by atoms with van der Waals surface area (Å²) in [5, 5.41) is 14.7. The number of halogens is 1. The molecule has 3 rings (SSSR count). The first kappa shape index (κ1) is 19.7. The van der Waals surface area contributed by atoms with E-state index in [1.165, 1.54) is 12.4 Å². The van der Waals surface area contributed by atoms with Crippen molar-refractivity contribution < 1.29 is 14.1 Å². The summed E-state index contributed by atoms with van der Waals surface area (Å²) < 4.78 is 19.1. The van der Waals surface area contributed by atoms with Gasteiger partial charge in [0, 0.05) is 39.3 Å². The van der Waals surface area contributed by atoms with Crippen molar-refractivity contribution >= 4 is 23.0 Å². The molecule has 0 spiro atoms. The molecule has 1 aromatic carbocycles. The third kappa shape index (κ3) is 4.28. The van der Waals surface area contributed by atoms with Crippen molar-refractivity contribution in [2.75, 3.05) is 55.0 Å². The summed E-state index contributed by atoms with van der Waals surface area (Å²) in [6.45, 7) is 4.27. The fourth-order valence-corrected chi connectivity index (χ4v) is 3.27. The summed E-state index contributed by atoms with van der Waals surface area (Å²) >= 11 is 0. The first-order valence-corrected chi connectivity index (χ1v) is 9.00. The SMILES string of the molecule is COCC(C)Nc1ncnc(N2CCN(c3ccccc3F)CC2)c1[N+](=O)[O-]. The Bertz CT molecular complexity index is 829. The Morgan fingerprint density at radius 3 is 2.57 bits per heavy atom. The molecule has 1 atom stereocenters. The van der Waals surface area contributed by atoms with Crippen molar-refractivity contribution in [3.63, 3.8) is 0 Å². The van der Waals surface area contributed by atoms with Crippen LogP contribution in [0.1, 0.15) is 6.92 Å². The van der Waals surface area contributed by atoms with E-state index in [1.807, 2.05) is 16.7 Å². The molecule has 1 saturated heterocycles. The molecule has 150 valence electrons. The lowest BCUT2D eigenvalue weighted by Crippen LogP contribution is -2.47. The second-order valence-corrected chi connectivity index (χ2v) is 6.58. The summed E-state index contributed by atoms with van der Waals surface area (Å²) in [6.07, 6.45) is 1.31. The number of piperazine rings is 1. The van der Waals surface area contributed by atoms with Gasteiger partial charge in [0.15, 0.2) is 0 Å². The van der Waals surface area contributed by atoms with Gasteiger partial charge >= 0.3 is 5.69 Å². The van der Waals surface area contributed by atoms with Crippen LogP contribution in [0.5, 0.6) is 0 Å². The lowest BCUT2D eigenvalue weighted by molar-refractivity contribution is -0.383. The minimum atomic E-state index is -0.472. The number of nitrogens with zero attached hydrogens (tertiary/aromatic N) is 5. The Morgan fingerprint density at radius 2 is 1.93 bits per heavy atom. The first-order chi connectivity index (χ1) is 13.5. The molecule has 28 heavy (non-hydrogen) atoms. The zero-order valence-corrected chi connectivity index (χ0v) is 15.8. The molecule has 1 N–H and O–H groups in total. The standard InChI is InChI=1S/C18H23FN6O3/c1-13(11-28-2)22-17-16(25(26)27)18(21-12-20-17)24-9-7-23(8-10-24)15-6-4-3-5-14(15)19/h3-6,12-13H,7-11H2,1-2H3,(H,20,21,22). The molecule has 1 aromatic heterocycles. The van der Waals surface area contributed by atoms with Crippen LogP contribution in [0.25, 0.3) is 0 Å². The summed E-state index contributed by atoms with van der Waals surface area (Å²) in [6, 6.07) is 6.45. The molecule has 0 bridgehead atoms. The van der Waals surface area contributed by atoms with Gasteiger partial charge in [0.1, 0.15) is 12.1 Å². The van der Waals surface area contributed by atoms with Crippen LogP contribution in [0.15, 0.2) is 30.6 Å². The number of aromatic nitrogens is 2. The van der Waals surface area contributed by atoms with Crippen LogP contribution in [0.4, 0.5) is 27.4 Å². The summed E-state index contributed by atoms with van der Waals surface area (Å²) in [5.74, 6) is 0.152. The van der Waals surface area contributed by atoms with E-state index in [0.717, 1.165) is 0 Å². The molecule has 0 aliphatic carbocycles. The van der Waals surface area contributed by atoms with Gasteiger partial charge in [0.25, 0.3) is 0 Å². The molecule has 1 fully saturated rings. The summed E-state index contributed by atoms with van der Waals surface area (Å²) in [7, 11) is 1.56. The van der Waals surface area contributed by atoms with Crippen LogP contribution < -0.4 is 15.1 Å². The predicted molar refractivity (Wildman–Crippen MR) is 104 cm³/mol. The highest BCUT2D eigenvalue weighted by atomic mass is 19.1. The fourth-order valence-electron chi connectivity index (χ4n) is 3.27. The van der Waals surface area contributed by atoms with E-state index in [-0.39, 0.29) is 29.2 Å². The molecule has 1 aliphatic rings. The van der Waals surface area contributed by atoms with Crippen molar-refractivity contribution in [1.29, 1.82) is 0 Å². The number of hydrogen-bond acceptors (Lipinski definition) is 8. The van der Waals surface area contributed by atoms with Crippen LogP contribution in [0.2, 0.25) is 0 Å². The fraction of sp³-hybridized carbons (Fsp3) is 0.444. The monoisotopic (exact) mass is 390 g/mol. The molecule has 2 aromatic rings. The van der Waals surface area contributed by atoms with Crippen LogP contribution in [0.3, 0.4) is 0 Å². The highest BCUT2D eigenvalue weighted by Gasteiger charge is 2.30. The Balaban J connectivity index is 1.79. The molecule has 9 nitrogen and oxygen atoms in total. The quantitative estimate of drug-likeness (QED) is 0.568. The van der Waals surface area contributed by atoms with Crippen molar-refractivity contribution in [3.8, 4) is 0 Å². The Labute approximate surface area is 162 Å². The number of anilines is 3. The molecular formula is C18H23FN6O3. The van der Waals surface area contributed by atoms with Crippen LogP contribution in [0, 0.1) is 15.9 Å². The van der Waals surface area contributed by atoms with E-state index < -0.39 is 4.92 Å². The Morgan fingerprint density at radius 1 is 1.25 bits per heavy atom. The maximum Gasteiger partial charge on any atom is 0.353 e. The second-order valence-electron chi connectivity index (χ2n) is 6.58. The third-order valence-electron chi connectivity index (χ3n) is 4.56. The summed E-state index contributed by atoms with van der Waals surface area (Å²) in [4.78, 5) is 23.2.